The molecule has 0 radical (unpaired) electrons. The van der Waals surface area contributed by atoms with Crippen LogP contribution in [0.15, 0.2) is 33.5 Å². The maximum absolute atomic E-state index is 12.3. The topological polar surface area (TPSA) is 75.2 Å². The molecule has 0 bridgehead atoms. The second-order valence-corrected chi connectivity index (χ2v) is 5.90. The molecule has 1 aromatic carbocycles. The third kappa shape index (κ3) is 2.87. The molecule has 2 heterocycles. The summed E-state index contributed by atoms with van der Waals surface area (Å²) in [5.41, 5.74) is 0.466. The third-order valence-corrected chi connectivity index (χ3v) is 4.30. The fraction of sp³-hybridized carbons (Fsp3) is 0.333. The van der Waals surface area contributed by atoms with Gasteiger partial charge in [0, 0.05) is 22.6 Å². The highest BCUT2D eigenvalue weighted by Crippen LogP contribution is 2.31. The number of ether oxygens (including phenoxy) is 1. The van der Waals surface area contributed by atoms with Crippen LogP contribution in [0.1, 0.15) is 24.6 Å². The number of nitrogens with zero attached hydrogens (tertiary/aromatic N) is 1. The van der Waals surface area contributed by atoms with Crippen molar-refractivity contribution in [3.05, 3.63) is 44.9 Å². The minimum absolute atomic E-state index is 0.0330. The standard InChI is InChI=1S/C15H15BrN2O3/c16-11-6-2-1-5-10(11)12-14(19)17-13(18-15(12)20)9-4-3-7-21-8-9/h1-2,5-6,9H,3-4,7-8H2,(H2,17,18,19,20). The van der Waals surface area contributed by atoms with Crippen molar-refractivity contribution < 1.29 is 9.84 Å². The van der Waals surface area contributed by atoms with Gasteiger partial charge in [0.25, 0.3) is 5.56 Å². The fourth-order valence-corrected chi connectivity index (χ4v) is 3.02. The van der Waals surface area contributed by atoms with Gasteiger partial charge in [-0.25, -0.2) is 0 Å². The van der Waals surface area contributed by atoms with Crippen LogP contribution in [0, 0.1) is 0 Å². The van der Waals surface area contributed by atoms with E-state index in [1.165, 1.54) is 0 Å². The van der Waals surface area contributed by atoms with Gasteiger partial charge in [0.15, 0.2) is 0 Å². The summed E-state index contributed by atoms with van der Waals surface area (Å²) in [6.45, 7) is 1.26. The van der Waals surface area contributed by atoms with E-state index in [0.29, 0.717) is 18.0 Å². The molecule has 1 aliphatic rings. The van der Waals surface area contributed by atoms with Gasteiger partial charge in [0.05, 0.1) is 6.61 Å². The Balaban J connectivity index is 2.05. The lowest BCUT2D eigenvalue weighted by atomic mass is 10.0. The lowest BCUT2D eigenvalue weighted by Crippen LogP contribution is -2.22. The quantitative estimate of drug-likeness (QED) is 0.873. The third-order valence-electron chi connectivity index (χ3n) is 3.61. The number of rotatable bonds is 2. The molecule has 2 N–H and O–H groups in total. The highest BCUT2D eigenvalue weighted by molar-refractivity contribution is 9.10. The molecule has 1 aromatic heterocycles. The van der Waals surface area contributed by atoms with E-state index in [1.54, 1.807) is 6.07 Å². The zero-order valence-electron chi connectivity index (χ0n) is 11.3. The van der Waals surface area contributed by atoms with Gasteiger partial charge in [0.2, 0.25) is 5.88 Å². The monoisotopic (exact) mass is 350 g/mol. The Morgan fingerprint density at radius 2 is 2.19 bits per heavy atom. The molecule has 0 aliphatic carbocycles. The highest BCUT2D eigenvalue weighted by atomic mass is 79.9. The normalized spacial score (nSPS) is 18.6. The number of hydrogen-bond acceptors (Lipinski definition) is 4. The van der Waals surface area contributed by atoms with Crippen LogP contribution in [0.2, 0.25) is 0 Å². The number of H-pyrrole nitrogens is 1. The van der Waals surface area contributed by atoms with Crippen LogP contribution < -0.4 is 5.56 Å². The molecule has 1 unspecified atom stereocenters. The summed E-state index contributed by atoms with van der Waals surface area (Å²) >= 11 is 3.38. The number of nitrogens with one attached hydrogen (secondary N) is 1. The molecule has 1 atom stereocenters. The number of aromatic amines is 1. The Morgan fingerprint density at radius 1 is 1.38 bits per heavy atom. The Kier molecular flexibility index (Phi) is 4.07. The first-order valence-electron chi connectivity index (χ1n) is 6.82. The van der Waals surface area contributed by atoms with Gasteiger partial charge < -0.3 is 14.8 Å². The van der Waals surface area contributed by atoms with Crippen LogP contribution in [0.3, 0.4) is 0 Å². The fourth-order valence-electron chi connectivity index (χ4n) is 2.53. The molecule has 3 rings (SSSR count). The van der Waals surface area contributed by atoms with E-state index in [1.807, 2.05) is 18.2 Å². The highest BCUT2D eigenvalue weighted by Gasteiger charge is 2.22. The van der Waals surface area contributed by atoms with E-state index in [4.69, 9.17) is 4.74 Å². The van der Waals surface area contributed by atoms with Crippen molar-refractivity contribution in [3.63, 3.8) is 0 Å². The number of benzene rings is 1. The number of halogens is 1. The molecule has 0 saturated carbocycles. The van der Waals surface area contributed by atoms with E-state index in [0.717, 1.165) is 23.9 Å². The molecule has 0 amide bonds. The Morgan fingerprint density at radius 3 is 2.86 bits per heavy atom. The maximum Gasteiger partial charge on any atom is 0.262 e. The molecular weight excluding hydrogens is 336 g/mol. The van der Waals surface area contributed by atoms with Crippen LogP contribution in [-0.2, 0) is 4.74 Å². The Bertz CT molecular complexity index is 708. The smallest absolute Gasteiger partial charge is 0.262 e. The van der Waals surface area contributed by atoms with Crippen LogP contribution in [0.4, 0.5) is 0 Å². The second-order valence-electron chi connectivity index (χ2n) is 5.04. The minimum atomic E-state index is -0.338. The van der Waals surface area contributed by atoms with Gasteiger partial charge in [-0.3, -0.25) is 4.79 Å². The molecule has 1 fully saturated rings. The van der Waals surface area contributed by atoms with Crippen molar-refractivity contribution in [2.75, 3.05) is 13.2 Å². The lowest BCUT2D eigenvalue weighted by Gasteiger charge is -2.21. The summed E-state index contributed by atoms with van der Waals surface area (Å²) in [5.74, 6) is 0.282. The summed E-state index contributed by atoms with van der Waals surface area (Å²) in [7, 11) is 0. The van der Waals surface area contributed by atoms with Crippen molar-refractivity contribution in [2.24, 2.45) is 0 Å². The summed E-state index contributed by atoms with van der Waals surface area (Å²) < 4.78 is 6.14. The van der Waals surface area contributed by atoms with E-state index >= 15 is 0 Å². The molecule has 1 saturated heterocycles. The first-order valence-corrected chi connectivity index (χ1v) is 7.62. The molecular formula is C15H15BrN2O3. The first-order chi connectivity index (χ1) is 10.2. The first kappa shape index (κ1) is 14.3. The van der Waals surface area contributed by atoms with Gasteiger partial charge in [-0.2, -0.15) is 4.98 Å². The largest absolute Gasteiger partial charge is 0.493 e. The predicted molar refractivity (Wildman–Crippen MR) is 82.5 cm³/mol. The SMILES string of the molecule is O=c1[nH]c(C2CCCOC2)nc(O)c1-c1ccccc1Br. The van der Waals surface area contributed by atoms with Crippen molar-refractivity contribution in [3.8, 4) is 17.0 Å². The van der Waals surface area contributed by atoms with Gasteiger partial charge >= 0.3 is 0 Å². The van der Waals surface area contributed by atoms with Crippen LogP contribution in [0.5, 0.6) is 5.88 Å². The van der Waals surface area contributed by atoms with Crippen molar-refractivity contribution in [2.45, 2.75) is 18.8 Å². The molecule has 0 spiro atoms. The van der Waals surface area contributed by atoms with Crippen molar-refractivity contribution in [1.29, 1.82) is 0 Å². The van der Waals surface area contributed by atoms with Crippen LogP contribution in [0.25, 0.3) is 11.1 Å². The van der Waals surface area contributed by atoms with Gasteiger partial charge in [-0.1, -0.05) is 34.1 Å². The van der Waals surface area contributed by atoms with Gasteiger partial charge in [0.1, 0.15) is 11.4 Å². The van der Waals surface area contributed by atoms with Crippen LogP contribution in [-0.4, -0.2) is 28.3 Å². The zero-order valence-corrected chi connectivity index (χ0v) is 12.9. The molecule has 2 aromatic rings. The average molecular weight is 351 g/mol. The zero-order chi connectivity index (χ0) is 14.8. The molecule has 5 nitrogen and oxygen atoms in total. The van der Waals surface area contributed by atoms with Gasteiger partial charge in [-0.15, -0.1) is 0 Å². The van der Waals surface area contributed by atoms with Crippen molar-refractivity contribution >= 4 is 15.9 Å². The Labute approximate surface area is 130 Å². The average Bonchev–Trinajstić information content (AvgIpc) is 2.49. The number of hydrogen-bond donors (Lipinski definition) is 2. The summed E-state index contributed by atoms with van der Waals surface area (Å²) in [4.78, 5) is 19.3. The summed E-state index contributed by atoms with van der Waals surface area (Å²) in [6.07, 6.45) is 1.83. The second kappa shape index (κ2) is 5.99. The van der Waals surface area contributed by atoms with E-state index in [-0.39, 0.29) is 22.9 Å². The summed E-state index contributed by atoms with van der Waals surface area (Å²) in [5, 5.41) is 10.2. The molecule has 21 heavy (non-hydrogen) atoms. The summed E-state index contributed by atoms with van der Waals surface area (Å²) in [6, 6.07) is 7.23. The number of aromatic hydroxyl groups is 1. The predicted octanol–water partition coefficient (Wildman–Crippen LogP) is 2.80. The molecule has 110 valence electrons. The van der Waals surface area contributed by atoms with E-state index in [9.17, 15) is 9.90 Å². The Hall–Kier alpha value is -1.66. The van der Waals surface area contributed by atoms with E-state index < -0.39 is 0 Å². The van der Waals surface area contributed by atoms with Gasteiger partial charge in [-0.05, 0) is 18.9 Å². The number of aromatic nitrogens is 2. The lowest BCUT2D eigenvalue weighted by molar-refractivity contribution is 0.0778. The van der Waals surface area contributed by atoms with Crippen LogP contribution >= 0.6 is 15.9 Å². The van der Waals surface area contributed by atoms with E-state index in [2.05, 4.69) is 25.9 Å². The molecule has 6 heteroatoms. The van der Waals surface area contributed by atoms with Crippen molar-refractivity contribution in [1.82, 2.24) is 9.97 Å². The molecule has 1 aliphatic heterocycles. The maximum atomic E-state index is 12.3. The minimum Gasteiger partial charge on any atom is -0.493 e.